The molecule has 9 heteroatoms. The summed E-state index contributed by atoms with van der Waals surface area (Å²) in [7, 11) is 0. The summed E-state index contributed by atoms with van der Waals surface area (Å²) in [5.74, 6) is -0.826. The molecule has 0 saturated carbocycles. The largest absolute Gasteiger partial charge is 0.368 e. The van der Waals surface area contributed by atoms with Gasteiger partial charge in [-0.2, -0.15) is 0 Å². The molecule has 0 fully saturated rings. The average molecular weight is 307 g/mol. The Balaban J connectivity index is 1.87. The van der Waals surface area contributed by atoms with Gasteiger partial charge in [-0.15, -0.1) is 5.10 Å². The van der Waals surface area contributed by atoms with Crippen molar-refractivity contribution in [1.29, 1.82) is 0 Å². The molecule has 2 amide bonds. The summed E-state index contributed by atoms with van der Waals surface area (Å²) in [6.45, 7) is -0.0733. The van der Waals surface area contributed by atoms with Crippen LogP contribution in [-0.4, -0.2) is 26.8 Å². The van der Waals surface area contributed by atoms with E-state index in [2.05, 4.69) is 20.9 Å². The van der Waals surface area contributed by atoms with Gasteiger partial charge >= 0.3 is 0 Å². The number of aromatic nitrogens is 3. The van der Waals surface area contributed by atoms with Crippen LogP contribution in [0.1, 0.15) is 22.2 Å². The Morgan fingerprint density at radius 1 is 1.43 bits per heavy atom. The van der Waals surface area contributed by atoms with Gasteiger partial charge in [0.15, 0.2) is 0 Å². The quantitative estimate of drug-likeness (QED) is 0.753. The topological polar surface area (TPSA) is 115 Å². The van der Waals surface area contributed by atoms with Crippen molar-refractivity contribution in [1.82, 2.24) is 20.3 Å². The number of primary amides is 1. The molecule has 3 rings (SSSR count). The van der Waals surface area contributed by atoms with E-state index in [1.165, 1.54) is 10.9 Å². The number of carbonyl (C=O) groups excluding carboxylic acids is 2. The molecule has 2 aromatic rings. The van der Waals surface area contributed by atoms with Gasteiger partial charge in [-0.1, -0.05) is 22.9 Å². The number of hydrogen-bond acceptors (Lipinski definition) is 5. The molecule has 1 aromatic heterocycles. The minimum atomic E-state index is -0.551. The maximum atomic E-state index is 12.1. The van der Waals surface area contributed by atoms with Gasteiger partial charge in [0.25, 0.3) is 5.91 Å². The van der Waals surface area contributed by atoms with Gasteiger partial charge in [0.05, 0.1) is 22.5 Å². The van der Waals surface area contributed by atoms with Crippen molar-refractivity contribution in [2.24, 2.45) is 5.73 Å². The molecule has 108 valence electrons. The van der Waals surface area contributed by atoms with E-state index < -0.39 is 12.1 Å². The number of nitrogens with two attached hydrogens (primary N) is 1. The summed E-state index contributed by atoms with van der Waals surface area (Å²) in [6, 6.07) is 5.14. The highest BCUT2D eigenvalue weighted by Gasteiger charge is 2.28. The van der Waals surface area contributed by atoms with E-state index in [-0.39, 0.29) is 12.5 Å². The van der Waals surface area contributed by atoms with Crippen molar-refractivity contribution >= 4 is 29.1 Å². The lowest BCUT2D eigenvalue weighted by molar-refractivity contribution is -0.118. The number of nitrogens with zero attached hydrogens (tertiary/aromatic N) is 3. The van der Waals surface area contributed by atoms with Crippen LogP contribution >= 0.6 is 11.6 Å². The molecule has 8 nitrogen and oxygen atoms in total. The Kier molecular flexibility index (Phi) is 3.22. The molecule has 0 bridgehead atoms. The number of halogens is 1. The number of amides is 2. The highest BCUT2D eigenvalue weighted by Crippen LogP contribution is 2.30. The first-order valence-electron chi connectivity index (χ1n) is 6.09. The van der Waals surface area contributed by atoms with Crippen molar-refractivity contribution in [3.05, 3.63) is 40.7 Å². The van der Waals surface area contributed by atoms with Crippen LogP contribution in [-0.2, 0) is 11.3 Å². The third-order valence-electron chi connectivity index (χ3n) is 2.99. The summed E-state index contributed by atoms with van der Waals surface area (Å²) in [5.41, 5.74) is 6.55. The molecule has 1 aliphatic heterocycles. The highest BCUT2D eigenvalue weighted by atomic mass is 35.5. The number of hydrogen-bond donors (Lipinski definition) is 3. The third kappa shape index (κ3) is 2.52. The van der Waals surface area contributed by atoms with Crippen molar-refractivity contribution < 1.29 is 9.59 Å². The Morgan fingerprint density at radius 3 is 3.00 bits per heavy atom. The molecule has 0 aliphatic carbocycles. The number of nitrogens with one attached hydrogen (secondary N) is 2. The molecule has 21 heavy (non-hydrogen) atoms. The fraction of sp³-hybridized carbons (Fsp3) is 0.167. The van der Waals surface area contributed by atoms with Crippen molar-refractivity contribution in [2.45, 2.75) is 12.7 Å². The average Bonchev–Trinajstić information content (AvgIpc) is 2.86. The van der Waals surface area contributed by atoms with Gasteiger partial charge in [0, 0.05) is 0 Å². The second kappa shape index (κ2) is 5.06. The zero-order chi connectivity index (χ0) is 15.0. The van der Waals surface area contributed by atoms with Crippen LogP contribution < -0.4 is 16.4 Å². The van der Waals surface area contributed by atoms with Crippen LogP contribution in [0.2, 0.25) is 5.02 Å². The first-order valence-corrected chi connectivity index (χ1v) is 6.46. The van der Waals surface area contributed by atoms with Crippen molar-refractivity contribution in [3.63, 3.8) is 0 Å². The van der Waals surface area contributed by atoms with Crippen molar-refractivity contribution in [3.8, 4) is 0 Å². The number of fused-ring (bicyclic) bond motifs is 1. The zero-order valence-corrected chi connectivity index (χ0v) is 11.5. The lowest BCUT2D eigenvalue weighted by Gasteiger charge is -2.26. The number of carbonyl (C=O) groups is 2. The standard InChI is InChI=1S/C12H11ClN6O2/c13-6-2-1-3-7-10(6)12(21)16-11(15-7)8-4-19(18-17-8)5-9(14)20/h1-4,11,15H,5H2,(H2,14,20)(H,16,21). The molecule has 0 spiro atoms. The zero-order valence-electron chi connectivity index (χ0n) is 10.7. The Bertz CT molecular complexity index is 728. The van der Waals surface area contributed by atoms with E-state index in [0.717, 1.165) is 0 Å². The van der Waals surface area contributed by atoms with E-state index in [1.54, 1.807) is 18.2 Å². The van der Waals surface area contributed by atoms with Crippen LogP contribution in [0.5, 0.6) is 0 Å². The van der Waals surface area contributed by atoms with Gasteiger partial charge in [-0.3, -0.25) is 9.59 Å². The lowest BCUT2D eigenvalue weighted by Crippen LogP contribution is -2.38. The van der Waals surface area contributed by atoms with Gasteiger partial charge in [-0.25, -0.2) is 4.68 Å². The maximum absolute atomic E-state index is 12.1. The van der Waals surface area contributed by atoms with Crippen LogP contribution in [0.15, 0.2) is 24.4 Å². The Hall–Kier alpha value is -2.61. The second-order valence-corrected chi connectivity index (χ2v) is 4.93. The van der Waals surface area contributed by atoms with E-state index >= 15 is 0 Å². The summed E-state index contributed by atoms with van der Waals surface area (Å²) < 4.78 is 1.30. The summed E-state index contributed by atoms with van der Waals surface area (Å²) in [4.78, 5) is 23.0. The van der Waals surface area contributed by atoms with Gasteiger partial charge in [0.2, 0.25) is 5.91 Å². The Morgan fingerprint density at radius 2 is 2.24 bits per heavy atom. The van der Waals surface area contributed by atoms with Crippen LogP contribution in [0.25, 0.3) is 0 Å². The smallest absolute Gasteiger partial charge is 0.256 e. The molecule has 2 heterocycles. The second-order valence-electron chi connectivity index (χ2n) is 4.52. The minimum Gasteiger partial charge on any atom is -0.368 e. The molecular formula is C12H11ClN6O2. The summed E-state index contributed by atoms with van der Waals surface area (Å²) in [6.07, 6.45) is 0.989. The number of benzene rings is 1. The first-order chi connectivity index (χ1) is 10.0. The predicted octanol–water partition coefficient (Wildman–Crippen LogP) is 0.271. The molecule has 0 saturated heterocycles. The summed E-state index contributed by atoms with van der Waals surface area (Å²) >= 11 is 6.01. The van der Waals surface area contributed by atoms with E-state index in [4.69, 9.17) is 17.3 Å². The molecule has 0 radical (unpaired) electrons. The fourth-order valence-electron chi connectivity index (χ4n) is 2.10. The molecule has 1 aromatic carbocycles. The molecule has 1 atom stereocenters. The molecule has 1 aliphatic rings. The molecule has 1 unspecified atom stereocenters. The van der Waals surface area contributed by atoms with Crippen LogP contribution in [0, 0.1) is 0 Å². The normalized spacial score (nSPS) is 16.8. The van der Waals surface area contributed by atoms with E-state index in [0.29, 0.717) is 22.0 Å². The number of anilines is 1. The third-order valence-corrected chi connectivity index (χ3v) is 3.30. The maximum Gasteiger partial charge on any atom is 0.256 e. The van der Waals surface area contributed by atoms with Crippen molar-refractivity contribution in [2.75, 3.05) is 5.32 Å². The molecule has 4 N–H and O–H groups in total. The fourth-order valence-corrected chi connectivity index (χ4v) is 2.36. The minimum absolute atomic E-state index is 0.0733. The predicted molar refractivity (Wildman–Crippen MR) is 74.5 cm³/mol. The van der Waals surface area contributed by atoms with E-state index in [9.17, 15) is 9.59 Å². The lowest BCUT2D eigenvalue weighted by atomic mass is 10.1. The first kappa shape index (κ1) is 13.4. The van der Waals surface area contributed by atoms with Gasteiger partial charge in [-0.05, 0) is 12.1 Å². The van der Waals surface area contributed by atoms with E-state index in [1.807, 2.05) is 0 Å². The summed E-state index contributed by atoms with van der Waals surface area (Å²) in [5, 5.41) is 13.9. The SMILES string of the molecule is NC(=O)Cn1cc(C2NC(=O)c3c(Cl)cccc3N2)nn1. The highest BCUT2D eigenvalue weighted by molar-refractivity contribution is 6.34. The van der Waals surface area contributed by atoms with Gasteiger partial charge < -0.3 is 16.4 Å². The number of rotatable bonds is 3. The molecular weight excluding hydrogens is 296 g/mol. The van der Waals surface area contributed by atoms with Crippen LogP contribution in [0.4, 0.5) is 5.69 Å². The Labute approximate surface area is 124 Å². The van der Waals surface area contributed by atoms with Gasteiger partial charge in [0.1, 0.15) is 18.4 Å². The monoisotopic (exact) mass is 306 g/mol. The van der Waals surface area contributed by atoms with Crippen LogP contribution in [0.3, 0.4) is 0 Å².